The van der Waals surface area contributed by atoms with Crippen LogP contribution in [0, 0.1) is 0 Å². The average Bonchev–Trinajstić information content (AvgIpc) is 3.04. The molecule has 1 aromatic carbocycles. The largest absolute Gasteiger partial charge is 0.454 e. The second kappa shape index (κ2) is 9.52. The molecule has 0 spiro atoms. The van der Waals surface area contributed by atoms with Gasteiger partial charge in [0.05, 0.1) is 0 Å². The van der Waals surface area contributed by atoms with E-state index >= 15 is 0 Å². The van der Waals surface area contributed by atoms with Crippen LogP contribution in [-0.2, 0) is 11.2 Å². The van der Waals surface area contributed by atoms with Gasteiger partial charge in [-0.15, -0.1) is 0 Å². The Morgan fingerprint density at radius 3 is 2.75 bits per heavy atom. The third-order valence-corrected chi connectivity index (χ3v) is 4.49. The molecule has 1 atom stereocenters. The fourth-order valence-corrected chi connectivity index (χ4v) is 2.93. The van der Waals surface area contributed by atoms with Crippen molar-refractivity contribution >= 4 is 5.91 Å². The van der Waals surface area contributed by atoms with E-state index in [9.17, 15) is 4.79 Å². The fourth-order valence-electron chi connectivity index (χ4n) is 2.93. The van der Waals surface area contributed by atoms with Crippen molar-refractivity contribution in [1.82, 2.24) is 10.2 Å². The highest BCUT2D eigenvalue weighted by Crippen LogP contribution is 2.32. The number of hydrogen-bond acceptors (Lipinski definition) is 4. The van der Waals surface area contributed by atoms with Crippen molar-refractivity contribution in [2.24, 2.45) is 0 Å². The number of fused-ring (bicyclic) bond motifs is 1. The minimum atomic E-state index is 0.114. The first kappa shape index (κ1) is 18.6. The quantitative estimate of drug-likeness (QED) is 0.715. The van der Waals surface area contributed by atoms with Crippen molar-refractivity contribution in [3.63, 3.8) is 0 Å². The molecule has 0 unspecified atom stereocenters. The lowest BCUT2D eigenvalue weighted by Gasteiger charge is -2.19. The molecule has 1 N–H and O–H groups in total. The van der Waals surface area contributed by atoms with E-state index in [2.05, 4.69) is 31.0 Å². The smallest absolute Gasteiger partial charge is 0.231 e. The summed E-state index contributed by atoms with van der Waals surface area (Å²) in [6.07, 6.45) is 3.35. The van der Waals surface area contributed by atoms with E-state index in [1.165, 1.54) is 0 Å². The van der Waals surface area contributed by atoms with Gasteiger partial charge in [-0.3, -0.25) is 4.79 Å². The van der Waals surface area contributed by atoms with Gasteiger partial charge in [0, 0.05) is 12.5 Å². The van der Waals surface area contributed by atoms with E-state index in [1.807, 2.05) is 18.2 Å². The predicted octanol–water partition coefficient (Wildman–Crippen LogP) is 2.97. The van der Waals surface area contributed by atoms with E-state index in [1.54, 1.807) is 0 Å². The van der Waals surface area contributed by atoms with E-state index in [4.69, 9.17) is 9.47 Å². The third kappa shape index (κ3) is 5.71. The van der Waals surface area contributed by atoms with Gasteiger partial charge in [0.25, 0.3) is 0 Å². The molecule has 0 bridgehead atoms. The van der Waals surface area contributed by atoms with Crippen LogP contribution < -0.4 is 14.8 Å². The van der Waals surface area contributed by atoms with Crippen molar-refractivity contribution in [3.8, 4) is 11.5 Å². The molecule has 0 radical (unpaired) electrons. The Labute approximate surface area is 145 Å². The Hall–Kier alpha value is -1.75. The second-order valence-electron chi connectivity index (χ2n) is 6.33. The number of carbonyl (C=O) groups is 1. The summed E-state index contributed by atoms with van der Waals surface area (Å²) in [5, 5.41) is 3.10. The molecule has 1 aliphatic rings. The first-order chi connectivity index (χ1) is 11.6. The molecular formula is C19H30N2O3. The number of nitrogens with zero attached hydrogens (tertiary/aromatic N) is 1. The zero-order valence-corrected chi connectivity index (χ0v) is 15.1. The van der Waals surface area contributed by atoms with Crippen LogP contribution in [-0.4, -0.2) is 43.3 Å². The molecular weight excluding hydrogens is 304 g/mol. The number of nitrogens with one attached hydrogen (secondary N) is 1. The Morgan fingerprint density at radius 2 is 2.00 bits per heavy atom. The van der Waals surface area contributed by atoms with E-state index < -0.39 is 0 Å². The number of aryl methyl sites for hydroxylation is 1. The van der Waals surface area contributed by atoms with Gasteiger partial charge in [-0.1, -0.05) is 19.9 Å². The molecule has 0 fully saturated rings. The fraction of sp³-hybridized carbons (Fsp3) is 0.632. The molecule has 24 heavy (non-hydrogen) atoms. The van der Waals surface area contributed by atoms with Crippen molar-refractivity contribution in [1.29, 1.82) is 0 Å². The summed E-state index contributed by atoms with van der Waals surface area (Å²) < 4.78 is 10.7. The molecule has 5 heteroatoms. The number of carbonyl (C=O) groups excluding carboxylic acids is 1. The van der Waals surface area contributed by atoms with E-state index in [0.717, 1.165) is 49.5 Å². The van der Waals surface area contributed by atoms with Crippen LogP contribution >= 0.6 is 0 Å². The molecule has 0 aromatic heterocycles. The molecule has 134 valence electrons. The highest BCUT2D eigenvalue weighted by atomic mass is 16.7. The van der Waals surface area contributed by atoms with Crippen LogP contribution in [0.1, 0.15) is 45.6 Å². The summed E-state index contributed by atoms with van der Waals surface area (Å²) in [5.74, 6) is 1.67. The zero-order valence-electron chi connectivity index (χ0n) is 15.1. The Morgan fingerprint density at radius 1 is 1.25 bits per heavy atom. The summed E-state index contributed by atoms with van der Waals surface area (Å²) in [7, 11) is 0. The molecule has 1 aromatic rings. The normalized spacial score (nSPS) is 14.0. The van der Waals surface area contributed by atoms with Crippen LogP contribution in [0.15, 0.2) is 18.2 Å². The average molecular weight is 334 g/mol. The van der Waals surface area contributed by atoms with Crippen LogP contribution in [0.3, 0.4) is 0 Å². The number of ether oxygens (including phenoxy) is 2. The van der Waals surface area contributed by atoms with Gasteiger partial charge in [-0.25, -0.2) is 0 Å². The Balaban J connectivity index is 1.65. The lowest BCUT2D eigenvalue weighted by atomic mass is 10.1. The zero-order chi connectivity index (χ0) is 17.4. The first-order valence-electron chi connectivity index (χ1n) is 9.02. The summed E-state index contributed by atoms with van der Waals surface area (Å²) >= 11 is 0. The minimum absolute atomic E-state index is 0.114. The number of benzene rings is 1. The van der Waals surface area contributed by atoms with Crippen LogP contribution in [0.4, 0.5) is 0 Å². The van der Waals surface area contributed by atoms with Crippen molar-refractivity contribution < 1.29 is 14.3 Å². The standard InChI is InChI=1S/C19H30N2O3/c1-4-21(5-2)12-6-7-15(3)20-19(22)11-9-16-8-10-17-18(13-16)24-14-23-17/h8,10,13,15H,4-7,9,11-12,14H2,1-3H3,(H,20,22)/t15-/m0/s1. The maximum atomic E-state index is 12.1. The van der Waals surface area contributed by atoms with Gasteiger partial charge < -0.3 is 19.7 Å². The molecule has 5 nitrogen and oxygen atoms in total. The molecule has 0 saturated carbocycles. The van der Waals surface area contributed by atoms with Crippen molar-refractivity contribution in [3.05, 3.63) is 23.8 Å². The molecule has 1 aliphatic heterocycles. The highest BCUT2D eigenvalue weighted by Gasteiger charge is 2.14. The van der Waals surface area contributed by atoms with Crippen LogP contribution in [0.5, 0.6) is 11.5 Å². The van der Waals surface area contributed by atoms with Gasteiger partial charge in [0.15, 0.2) is 11.5 Å². The molecule has 0 aliphatic carbocycles. The summed E-state index contributed by atoms with van der Waals surface area (Å²) in [6, 6.07) is 6.09. The summed E-state index contributed by atoms with van der Waals surface area (Å²) in [5.41, 5.74) is 1.10. The van der Waals surface area contributed by atoms with Crippen LogP contribution in [0.25, 0.3) is 0 Å². The first-order valence-corrected chi connectivity index (χ1v) is 9.02. The lowest BCUT2D eigenvalue weighted by Crippen LogP contribution is -2.33. The van der Waals surface area contributed by atoms with Gasteiger partial charge in [0.1, 0.15) is 0 Å². The predicted molar refractivity (Wildman–Crippen MR) is 95.5 cm³/mol. The van der Waals surface area contributed by atoms with Crippen LogP contribution in [0.2, 0.25) is 0 Å². The maximum absolute atomic E-state index is 12.1. The Bertz CT molecular complexity index is 529. The van der Waals surface area contributed by atoms with Gasteiger partial charge in [0.2, 0.25) is 12.7 Å². The van der Waals surface area contributed by atoms with Gasteiger partial charge >= 0.3 is 0 Å². The van der Waals surface area contributed by atoms with Gasteiger partial charge in [-0.05, 0) is 63.5 Å². The van der Waals surface area contributed by atoms with E-state index in [0.29, 0.717) is 12.8 Å². The van der Waals surface area contributed by atoms with Gasteiger partial charge in [-0.2, -0.15) is 0 Å². The maximum Gasteiger partial charge on any atom is 0.231 e. The molecule has 0 saturated heterocycles. The number of rotatable bonds is 10. The molecule has 1 amide bonds. The number of hydrogen-bond donors (Lipinski definition) is 1. The van der Waals surface area contributed by atoms with Crippen molar-refractivity contribution in [2.75, 3.05) is 26.4 Å². The topological polar surface area (TPSA) is 50.8 Å². The van der Waals surface area contributed by atoms with E-state index in [-0.39, 0.29) is 18.7 Å². The summed E-state index contributed by atoms with van der Waals surface area (Å²) in [6.45, 7) is 10.0. The number of amides is 1. The lowest BCUT2D eigenvalue weighted by molar-refractivity contribution is -0.121. The second-order valence-corrected chi connectivity index (χ2v) is 6.33. The Kier molecular flexibility index (Phi) is 7.37. The van der Waals surface area contributed by atoms with Crippen molar-refractivity contribution in [2.45, 2.75) is 52.5 Å². The summed E-state index contributed by atoms with van der Waals surface area (Å²) in [4.78, 5) is 14.5. The SMILES string of the molecule is CCN(CC)CCC[C@H](C)NC(=O)CCc1ccc2c(c1)OCO2. The third-order valence-electron chi connectivity index (χ3n) is 4.49. The molecule has 1 heterocycles. The minimum Gasteiger partial charge on any atom is -0.454 e. The monoisotopic (exact) mass is 334 g/mol. The highest BCUT2D eigenvalue weighted by molar-refractivity contribution is 5.76. The molecule has 2 rings (SSSR count).